The fraction of sp³-hybridized carbons (Fsp3) is 0.455. The first-order chi connectivity index (χ1) is 15.5. The molecule has 2 aliphatic rings. The molecular weight excluding hydrogens is 412 g/mol. The Kier molecular flexibility index (Phi) is 5.28. The molecule has 4 unspecified atom stereocenters. The van der Waals surface area contributed by atoms with Gasteiger partial charge in [-0.2, -0.15) is 0 Å². The first-order valence-electron chi connectivity index (χ1n) is 10.7. The fourth-order valence-corrected chi connectivity index (χ4v) is 4.94. The molecule has 0 bridgehead atoms. The maximum Gasteiger partial charge on any atom is 0.222 e. The molecule has 10 nitrogen and oxygen atoms in total. The highest BCUT2D eigenvalue weighted by atomic mass is 16.3. The van der Waals surface area contributed by atoms with Gasteiger partial charge >= 0.3 is 0 Å². The number of hydrogen-bond donors (Lipinski definition) is 5. The van der Waals surface area contributed by atoms with E-state index < -0.39 is 29.7 Å². The van der Waals surface area contributed by atoms with Crippen molar-refractivity contribution in [2.75, 3.05) is 18.5 Å². The Balaban J connectivity index is 1.48. The number of imidazole rings is 1. The average molecular weight is 438 g/mol. The van der Waals surface area contributed by atoms with E-state index in [1.165, 1.54) is 6.33 Å². The molecule has 1 aliphatic heterocycles. The first kappa shape index (κ1) is 20.8. The topological polar surface area (TPSA) is 145 Å². The third-order valence-corrected chi connectivity index (χ3v) is 6.61. The van der Waals surface area contributed by atoms with Gasteiger partial charge in [0.2, 0.25) is 5.91 Å². The predicted octanol–water partition coefficient (Wildman–Crippen LogP) is 0.0147. The van der Waals surface area contributed by atoms with Gasteiger partial charge in [-0.05, 0) is 18.4 Å². The number of aromatic nitrogens is 4. The molecule has 1 saturated carbocycles. The predicted molar refractivity (Wildman–Crippen MR) is 116 cm³/mol. The van der Waals surface area contributed by atoms with Gasteiger partial charge in [-0.15, -0.1) is 0 Å². The number of hydrogen-bond acceptors (Lipinski definition) is 8. The Morgan fingerprint density at radius 2 is 1.97 bits per heavy atom. The van der Waals surface area contributed by atoms with Crippen LogP contribution in [0.5, 0.6) is 0 Å². The number of amides is 1. The number of benzene rings is 1. The summed E-state index contributed by atoms with van der Waals surface area (Å²) in [7, 11) is 0. The van der Waals surface area contributed by atoms with Crippen molar-refractivity contribution in [3.05, 3.63) is 48.5 Å². The van der Waals surface area contributed by atoms with Gasteiger partial charge in [0.05, 0.1) is 30.4 Å². The number of nitrogens with zero attached hydrogens (tertiary/aromatic N) is 4. The van der Waals surface area contributed by atoms with Crippen molar-refractivity contribution >= 4 is 22.9 Å². The van der Waals surface area contributed by atoms with E-state index in [0.717, 1.165) is 5.56 Å². The maximum absolute atomic E-state index is 12.1. The van der Waals surface area contributed by atoms with E-state index in [-0.39, 0.29) is 12.5 Å². The molecular formula is C22H26N6O4. The summed E-state index contributed by atoms with van der Waals surface area (Å²) in [5.74, 6) is 0.0758. The fourth-order valence-electron chi connectivity index (χ4n) is 4.94. The molecule has 3 aromatic rings. The lowest BCUT2D eigenvalue weighted by molar-refractivity contribution is -0.119. The zero-order chi connectivity index (χ0) is 22.3. The smallest absolute Gasteiger partial charge is 0.222 e. The summed E-state index contributed by atoms with van der Waals surface area (Å²) in [6.45, 7) is 0.255. The summed E-state index contributed by atoms with van der Waals surface area (Å²) < 4.78 is 1.73. The zero-order valence-electron chi connectivity index (χ0n) is 17.4. The molecule has 1 saturated heterocycles. The van der Waals surface area contributed by atoms with Crippen LogP contribution in [-0.4, -0.2) is 71.6 Å². The van der Waals surface area contributed by atoms with Gasteiger partial charge in [0.1, 0.15) is 17.9 Å². The minimum Gasteiger partial charge on any atom is -0.396 e. The Labute approximate surface area is 184 Å². The van der Waals surface area contributed by atoms with Crippen molar-refractivity contribution in [3.8, 4) is 0 Å². The summed E-state index contributed by atoms with van der Waals surface area (Å²) in [6.07, 6.45) is 2.30. The molecule has 3 heterocycles. The van der Waals surface area contributed by atoms with Crippen LogP contribution in [0.1, 0.15) is 24.4 Å². The summed E-state index contributed by atoms with van der Waals surface area (Å²) in [6, 6.07) is 9.50. The van der Waals surface area contributed by atoms with E-state index >= 15 is 0 Å². The summed E-state index contributed by atoms with van der Waals surface area (Å²) in [5, 5.41) is 36.6. The lowest BCUT2D eigenvalue weighted by Gasteiger charge is -2.29. The number of aliphatic hydroxyl groups excluding tert-OH is 3. The number of carbonyl (C=O) groups is 1. The maximum atomic E-state index is 12.1. The minimum absolute atomic E-state index is 0.0256. The van der Waals surface area contributed by atoms with Crippen LogP contribution in [-0.2, 0) is 11.2 Å². The minimum atomic E-state index is -1.03. The van der Waals surface area contributed by atoms with Crippen LogP contribution in [0.15, 0.2) is 43.0 Å². The van der Waals surface area contributed by atoms with Crippen molar-refractivity contribution in [1.82, 2.24) is 24.8 Å². The molecule has 0 spiro atoms. The van der Waals surface area contributed by atoms with Gasteiger partial charge < -0.3 is 30.5 Å². The highest BCUT2D eigenvalue weighted by Gasteiger charge is 2.43. The van der Waals surface area contributed by atoms with E-state index in [0.29, 0.717) is 42.8 Å². The number of anilines is 1. The van der Waals surface area contributed by atoms with Crippen LogP contribution in [0.2, 0.25) is 0 Å². The third-order valence-electron chi connectivity index (χ3n) is 6.61. The van der Waals surface area contributed by atoms with Gasteiger partial charge in [-0.25, -0.2) is 15.0 Å². The van der Waals surface area contributed by atoms with Gasteiger partial charge in [-0.1, -0.05) is 30.3 Å². The molecule has 2 aromatic heterocycles. The number of rotatable bonds is 6. The molecule has 2 fully saturated rings. The van der Waals surface area contributed by atoms with E-state index in [4.69, 9.17) is 0 Å². The molecule has 10 heteroatoms. The molecule has 5 atom stereocenters. The highest BCUT2D eigenvalue weighted by molar-refractivity contribution is 5.85. The van der Waals surface area contributed by atoms with Crippen LogP contribution in [0, 0.1) is 5.92 Å². The van der Waals surface area contributed by atoms with Crippen LogP contribution in [0.3, 0.4) is 0 Å². The van der Waals surface area contributed by atoms with Gasteiger partial charge in [0.15, 0.2) is 11.5 Å². The molecule has 1 aromatic carbocycles. The lowest BCUT2D eigenvalue weighted by atomic mass is 9.89. The van der Waals surface area contributed by atoms with Crippen LogP contribution in [0.25, 0.3) is 11.2 Å². The van der Waals surface area contributed by atoms with Crippen molar-refractivity contribution in [1.29, 1.82) is 0 Å². The molecule has 1 amide bonds. The van der Waals surface area contributed by atoms with Crippen molar-refractivity contribution < 1.29 is 20.1 Å². The summed E-state index contributed by atoms with van der Waals surface area (Å²) in [5.41, 5.74) is 1.58. The molecule has 168 valence electrons. The summed E-state index contributed by atoms with van der Waals surface area (Å²) >= 11 is 0. The second-order valence-corrected chi connectivity index (χ2v) is 8.79. The second-order valence-electron chi connectivity index (χ2n) is 8.79. The average Bonchev–Trinajstić information content (AvgIpc) is 3.46. The number of fused-ring (bicyclic) bond motifs is 1. The number of aliphatic hydroxyl groups is 3. The SMILES string of the molecule is O=C1C[C@](Cc2ccccc2)(Nc2ncnc3c2ncn3C2CC(CO)C(O)C2O)CN1. The van der Waals surface area contributed by atoms with Crippen LogP contribution >= 0.6 is 0 Å². The lowest BCUT2D eigenvalue weighted by Crippen LogP contribution is -2.43. The zero-order valence-corrected chi connectivity index (χ0v) is 17.4. The monoisotopic (exact) mass is 438 g/mol. The van der Waals surface area contributed by atoms with Gasteiger partial charge in [0.25, 0.3) is 0 Å². The first-order valence-corrected chi connectivity index (χ1v) is 10.7. The largest absolute Gasteiger partial charge is 0.396 e. The Morgan fingerprint density at radius 3 is 2.66 bits per heavy atom. The van der Waals surface area contributed by atoms with Crippen LogP contribution < -0.4 is 10.6 Å². The Bertz CT molecular complexity index is 1120. The molecule has 1 aliphatic carbocycles. The molecule has 0 radical (unpaired) electrons. The van der Waals surface area contributed by atoms with E-state index in [1.807, 2.05) is 30.3 Å². The number of carbonyl (C=O) groups excluding carboxylic acids is 1. The highest BCUT2D eigenvalue weighted by Crippen LogP contribution is 2.37. The van der Waals surface area contributed by atoms with Gasteiger partial charge in [-0.3, -0.25) is 4.79 Å². The van der Waals surface area contributed by atoms with E-state index in [2.05, 4.69) is 25.6 Å². The standard InChI is InChI=1S/C22H26N6O4/c29-9-14-6-15(19(32)18(14)31)28-12-26-17-20(24-11-25-21(17)28)27-22(8-16(30)23-10-22)7-13-4-2-1-3-5-13/h1-5,11-12,14-15,18-19,29,31-32H,6-10H2,(H,23,30)(H,24,25,27)/t14?,15?,18?,19?,22-/m0/s1. The normalized spacial score (nSPS) is 30.0. The number of nitrogens with one attached hydrogen (secondary N) is 2. The molecule has 5 N–H and O–H groups in total. The quantitative estimate of drug-likeness (QED) is 0.362. The Morgan fingerprint density at radius 1 is 1.16 bits per heavy atom. The summed E-state index contributed by atoms with van der Waals surface area (Å²) in [4.78, 5) is 25.4. The third kappa shape index (κ3) is 3.60. The molecule has 5 rings (SSSR count). The van der Waals surface area contributed by atoms with E-state index in [9.17, 15) is 20.1 Å². The molecule has 32 heavy (non-hydrogen) atoms. The van der Waals surface area contributed by atoms with Crippen LogP contribution in [0.4, 0.5) is 5.82 Å². The second kappa shape index (κ2) is 8.12. The van der Waals surface area contributed by atoms with Crippen molar-refractivity contribution in [2.45, 2.75) is 43.1 Å². The van der Waals surface area contributed by atoms with E-state index in [1.54, 1.807) is 10.9 Å². The van der Waals surface area contributed by atoms with Crippen molar-refractivity contribution in [3.63, 3.8) is 0 Å². The Hall–Kier alpha value is -3.08. The van der Waals surface area contributed by atoms with Crippen molar-refractivity contribution in [2.24, 2.45) is 5.92 Å². The van der Waals surface area contributed by atoms with Gasteiger partial charge in [0, 0.05) is 19.1 Å².